The molecule has 0 saturated heterocycles. The minimum atomic E-state index is -0.199. The number of nitrogens with one attached hydrogen (secondary N) is 1. The lowest BCUT2D eigenvalue weighted by Crippen LogP contribution is -2.25. The van der Waals surface area contributed by atoms with E-state index in [0.29, 0.717) is 18.5 Å². The van der Waals surface area contributed by atoms with Crippen molar-refractivity contribution in [3.63, 3.8) is 0 Å². The normalized spacial score (nSPS) is 10.2. The van der Waals surface area contributed by atoms with Crippen LogP contribution < -0.4 is 10.1 Å². The smallest absolute Gasteiger partial charge is 0.251 e. The monoisotopic (exact) mass is 278 g/mol. The fourth-order valence-electron chi connectivity index (χ4n) is 1.58. The molecule has 2 rings (SSSR count). The van der Waals surface area contributed by atoms with E-state index in [-0.39, 0.29) is 17.4 Å². The molecule has 6 heteroatoms. The fraction of sp³-hybridized carbons (Fsp3) is 0.231. The largest absolute Gasteiger partial charge is 0.504 e. The van der Waals surface area contributed by atoms with Crippen molar-refractivity contribution in [1.82, 2.24) is 10.3 Å². The summed E-state index contributed by atoms with van der Waals surface area (Å²) in [6, 6.07) is 4.50. The van der Waals surface area contributed by atoms with E-state index in [1.54, 1.807) is 23.6 Å². The molecule has 1 heterocycles. The minimum Gasteiger partial charge on any atom is -0.504 e. The predicted octanol–water partition coefficient (Wildman–Crippen LogP) is 1.83. The molecular weight excluding hydrogens is 264 g/mol. The average molecular weight is 278 g/mol. The van der Waals surface area contributed by atoms with Gasteiger partial charge in [-0.25, -0.2) is 4.98 Å². The summed E-state index contributed by atoms with van der Waals surface area (Å²) in [6.45, 7) is 0.523. The van der Waals surface area contributed by atoms with E-state index in [9.17, 15) is 9.90 Å². The number of phenolic OH excluding ortho intramolecular Hbond substituents is 1. The number of aromatic hydroxyl groups is 1. The van der Waals surface area contributed by atoms with Gasteiger partial charge >= 0.3 is 0 Å². The van der Waals surface area contributed by atoms with Crippen molar-refractivity contribution in [2.45, 2.75) is 6.42 Å². The number of ether oxygens (including phenoxy) is 1. The maximum absolute atomic E-state index is 11.9. The van der Waals surface area contributed by atoms with Gasteiger partial charge in [-0.2, -0.15) is 0 Å². The van der Waals surface area contributed by atoms with Crippen LogP contribution in [0.4, 0.5) is 0 Å². The van der Waals surface area contributed by atoms with Crippen molar-refractivity contribution in [3.05, 3.63) is 40.3 Å². The van der Waals surface area contributed by atoms with Gasteiger partial charge in [0.05, 0.1) is 12.1 Å². The molecule has 0 aliphatic rings. The maximum Gasteiger partial charge on any atom is 0.251 e. The Labute approximate surface area is 114 Å². The number of methoxy groups -OCH3 is 1. The van der Waals surface area contributed by atoms with Gasteiger partial charge in [-0.3, -0.25) is 4.79 Å². The van der Waals surface area contributed by atoms with Gasteiger partial charge in [-0.15, -0.1) is 11.3 Å². The van der Waals surface area contributed by atoms with E-state index in [1.807, 2.05) is 5.38 Å². The van der Waals surface area contributed by atoms with Gasteiger partial charge in [0.25, 0.3) is 5.91 Å². The van der Waals surface area contributed by atoms with Gasteiger partial charge in [0.15, 0.2) is 11.5 Å². The molecule has 0 aliphatic carbocycles. The Balaban J connectivity index is 1.92. The molecule has 0 bridgehead atoms. The van der Waals surface area contributed by atoms with E-state index >= 15 is 0 Å². The zero-order valence-electron chi connectivity index (χ0n) is 10.4. The van der Waals surface area contributed by atoms with Crippen LogP contribution in [0.15, 0.2) is 29.8 Å². The van der Waals surface area contributed by atoms with Crippen LogP contribution in [0.1, 0.15) is 15.4 Å². The molecule has 2 aromatic rings. The number of carbonyl (C=O) groups is 1. The first kappa shape index (κ1) is 13.4. The Bertz CT molecular complexity index is 555. The molecule has 1 aromatic heterocycles. The minimum absolute atomic E-state index is 0.0156. The molecule has 0 unspecified atom stereocenters. The second kappa shape index (κ2) is 6.19. The Morgan fingerprint density at radius 2 is 2.37 bits per heavy atom. The molecule has 2 N–H and O–H groups in total. The summed E-state index contributed by atoms with van der Waals surface area (Å²) in [5, 5.41) is 15.1. The van der Waals surface area contributed by atoms with E-state index < -0.39 is 0 Å². The molecule has 0 atom stereocenters. The molecule has 19 heavy (non-hydrogen) atoms. The number of phenols is 1. The zero-order valence-corrected chi connectivity index (χ0v) is 11.2. The van der Waals surface area contributed by atoms with E-state index in [1.165, 1.54) is 19.2 Å². The highest BCUT2D eigenvalue weighted by Gasteiger charge is 2.09. The lowest BCUT2D eigenvalue weighted by Gasteiger charge is -2.07. The number of thiazole rings is 1. The van der Waals surface area contributed by atoms with Crippen LogP contribution in [0.3, 0.4) is 0 Å². The highest BCUT2D eigenvalue weighted by molar-refractivity contribution is 7.09. The molecular formula is C13H14N2O3S. The lowest BCUT2D eigenvalue weighted by molar-refractivity contribution is 0.0954. The van der Waals surface area contributed by atoms with Crippen molar-refractivity contribution >= 4 is 17.2 Å². The first-order chi connectivity index (χ1) is 9.20. The molecule has 1 amide bonds. The van der Waals surface area contributed by atoms with Crippen LogP contribution in [0.25, 0.3) is 0 Å². The quantitative estimate of drug-likeness (QED) is 0.875. The van der Waals surface area contributed by atoms with Crippen LogP contribution >= 0.6 is 11.3 Å². The van der Waals surface area contributed by atoms with Crippen LogP contribution in [0.5, 0.6) is 11.5 Å². The molecule has 5 nitrogen and oxygen atoms in total. The molecule has 0 saturated carbocycles. The Morgan fingerprint density at radius 1 is 1.53 bits per heavy atom. The van der Waals surface area contributed by atoms with Crippen molar-refractivity contribution in [2.24, 2.45) is 0 Å². The lowest BCUT2D eigenvalue weighted by atomic mass is 10.2. The van der Waals surface area contributed by atoms with E-state index in [0.717, 1.165) is 5.01 Å². The molecule has 0 spiro atoms. The van der Waals surface area contributed by atoms with E-state index in [2.05, 4.69) is 10.3 Å². The summed E-state index contributed by atoms with van der Waals surface area (Å²) in [7, 11) is 1.44. The number of benzene rings is 1. The number of carbonyl (C=O) groups excluding carboxylic acids is 1. The Morgan fingerprint density at radius 3 is 3.05 bits per heavy atom. The fourth-order valence-corrected chi connectivity index (χ4v) is 2.20. The molecule has 1 aromatic carbocycles. The number of hydrogen-bond acceptors (Lipinski definition) is 5. The third-order valence-electron chi connectivity index (χ3n) is 2.55. The summed E-state index contributed by atoms with van der Waals surface area (Å²) in [5.41, 5.74) is 0.453. The molecule has 0 radical (unpaired) electrons. The van der Waals surface area contributed by atoms with Crippen LogP contribution in [0, 0.1) is 0 Å². The van der Waals surface area contributed by atoms with Crippen molar-refractivity contribution < 1.29 is 14.6 Å². The van der Waals surface area contributed by atoms with E-state index in [4.69, 9.17) is 4.74 Å². The predicted molar refractivity (Wildman–Crippen MR) is 72.8 cm³/mol. The SMILES string of the molecule is COc1cc(C(=O)NCCc2nccs2)ccc1O. The Kier molecular flexibility index (Phi) is 4.35. The van der Waals surface area contributed by atoms with Gasteiger partial charge in [0, 0.05) is 30.1 Å². The summed E-state index contributed by atoms with van der Waals surface area (Å²) >= 11 is 1.56. The second-order valence-electron chi connectivity index (χ2n) is 3.82. The Hall–Kier alpha value is -2.08. The van der Waals surface area contributed by atoms with Crippen LogP contribution in [-0.2, 0) is 6.42 Å². The first-order valence-electron chi connectivity index (χ1n) is 5.74. The summed E-state index contributed by atoms with van der Waals surface area (Å²) < 4.78 is 4.96. The average Bonchev–Trinajstić information content (AvgIpc) is 2.92. The molecule has 0 aliphatic heterocycles. The number of aromatic nitrogens is 1. The highest BCUT2D eigenvalue weighted by atomic mass is 32.1. The van der Waals surface area contributed by atoms with Crippen LogP contribution in [0.2, 0.25) is 0 Å². The van der Waals surface area contributed by atoms with Gasteiger partial charge in [0.1, 0.15) is 0 Å². The summed E-state index contributed by atoms with van der Waals surface area (Å²) in [6.07, 6.45) is 2.45. The molecule has 0 fully saturated rings. The zero-order chi connectivity index (χ0) is 13.7. The van der Waals surface area contributed by atoms with Crippen molar-refractivity contribution in [2.75, 3.05) is 13.7 Å². The summed E-state index contributed by atoms with van der Waals surface area (Å²) in [5.74, 6) is 0.101. The number of rotatable bonds is 5. The molecule has 100 valence electrons. The summed E-state index contributed by atoms with van der Waals surface area (Å²) in [4.78, 5) is 16.0. The topological polar surface area (TPSA) is 71.5 Å². The number of hydrogen-bond donors (Lipinski definition) is 2. The van der Waals surface area contributed by atoms with Gasteiger partial charge in [0.2, 0.25) is 0 Å². The van der Waals surface area contributed by atoms with Gasteiger partial charge in [-0.1, -0.05) is 0 Å². The van der Waals surface area contributed by atoms with Gasteiger partial charge < -0.3 is 15.2 Å². The number of nitrogens with zero attached hydrogens (tertiary/aromatic N) is 1. The van der Waals surface area contributed by atoms with Crippen molar-refractivity contribution in [3.8, 4) is 11.5 Å². The standard InChI is InChI=1S/C13H14N2O3S/c1-18-11-8-9(2-3-10(11)16)13(17)15-5-4-12-14-6-7-19-12/h2-3,6-8,16H,4-5H2,1H3,(H,15,17). The second-order valence-corrected chi connectivity index (χ2v) is 4.80. The van der Waals surface area contributed by atoms with Crippen LogP contribution in [-0.4, -0.2) is 29.7 Å². The first-order valence-corrected chi connectivity index (χ1v) is 6.62. The van der Waals surface area contributed by atoms with Gasteiger partial charge in [-0.05, 0) is 18.2 Å². The third-order valence-corrected chi connectivity index (χ3v) is 3.39. The van der Waals surface area contributed by atoms with Crippen molar-refractivity contribution in [1.29, 1.82) is 0 Å². The maximum atomic E-state index is 11.9. The number of amides is 1. The third kappa shape index (κ3) is 3.45. The highest BCUT2D eigenvalue weighted by Crippen LogP contribution is 2.26.